The number of amides is 3. The summed E-state index contributed by atoms with van der Waals surface area (Å²) in [6.07, 6.45) is 0. The summed E-state index contributed by atoms with van der Waals surface area (Å²) in [5, 5.41) is 2.97. The van der Waals surface area contributed by atoms with E-state index in [-0.39, 0.29) is 30.3 Å². The third-order valence-corrected chi connectivity index (χ3v) is 6.46. The number of nitrogens with zero attached hydrogens (tertiary/aromatic N) is 1. The van der Waals surface area contributed by atoms with Gasteiger partial charge in [-0.15, -0.1) is 11.3 Å². The maximum atomic E-state index is 12.7. The van der Waals surface area contributed by atoms with Gasteiger partial charge in [-0.3, -0.25) is 19.3 Å². The molecule has 0 unspecified atom stereocenters. The van der Waals surface area contributed by atoms with Gasteiger partial charge in [0.05, 0.1) is 29.8 Å². The second-order valence-corrected chi connectivity index (χ2v) is 9.16. The van der Waals surface area contributed by atoms with Gasteiger partial charge < -0.3 is 14.8 Å². The molecule has 9 heteroatoms. The maximum Gasteiger partial charge on any atom is 0.341 e. The van der Waals surface area contributed by atoms with Crippen LogP contribution in [-0.4, -0.2) is 41.8 Å². The Morgan fingerprint density at radius 3 is 2.34 bits per heavy atom. The van der Waals surface area contributed by atoms with Crippen LogP contribution in [0.5, 0.6) is 5.75 Å². The van der Waals surface area contributed by atoms with Crippen LogP contribution in [-0.2, 0) is 16.1 Å². The smallest absolute Gasteiger partial charge is 0.341 e. The van der Waals surface area contributed by atoms with E-state index < -0.39 is 23.7 Å². The molecule has 0 bridgehead atoms. The topological polar surface area (TPSA) is 102 Å². The lowest BCUT2D eigenvalue weighted by molar-refractivity contribution is -0.118. The molecule has 1 N–H and O–H groups in total. The van der Waals surface area contributed by atoms with Crippen molar-refractivity contribution in [2.75, 3.05) is 18.5 Å². The number of hydrogen-bond acceptors (Lipinski definition) is 7. The molecule has 8 nitrogen and oxygen atoms in total. The van der Waals surface area contributed by atoms with Gasteiger partial charge in [0.25, 0.3) is 17.7 Å². The number of thiophene rings is 1. The zero-order valence-electron chi connectivity index (χ0n) is 19.5. The molecule has 180 valence electrons. The first kappa shape index (κ1) is 24.2. The molecule has 1 aromatic heterocycles. The van der Waals surface area contributed by atoms with Crippen molar-refractivity contribution in [3.05, 3.63) is 81.2 Å². The second-order valence-electron chi connectivity index (χ2n) is 8.02. The zero-order chi connectivity index (χ0) is 25.1. The Balaban J connectivity index is 1.51. The maximum absolute atomic E-state index is 12.7. The number of aryl methyl sites for hydroxylation is 2. The van der Waals surface area contributed by atoms with Gasteiger partial charge in [0, 0.05) is 4.88 Å². The minimum absolute atomic E-state index is 0.0295. The first-order chi connectivity index (χ1) is 16.8. The number of imide groups is 1. The van der Waals surface area contributed by atoms with Crippen molar-refractivity contribution in [2.24, 2.45) is 0 Å². The molecule has 4 rings (SSSR count). The predicted octanol–water partition coefficient (Wildman–Crippen LogP) is 4.36. The van der Waals surface area contributed by atoms with Crippen LogP contribution in [0.3, 0.4) is 0 Å². The lowest BCUT2D eigenvalue weighted by Crippen LogP contribution is -2.28. The minimum atomic E-state index is -0.608. The van der Waals surface area contributed by atoms with Crippen LogP contribution in [0.25, 0.3) is 0 Å². The fraction of sp³-hybridized carbons (Fsp3) is 0.231. The normalized spacial score (nSPS) is 12.5. The van der Waals surface area contributed by atoms with Crippen molar-refractivity contribution in [1.82, 2.24) is 4.90 Å². The van der Waals surface area contributed by atoms with E-state index in [2.05, 4.69) is 5.32 Å². The Labute approximate surface area is 206 Å². The van der Waals surface area contributed by atoms with E-state index in [9.17, 15) is 19.2 Å². The first-order valence-electron chi connectivity index (χ1n) is 11.0. The van der Waals surface area contributed by atoms with Crippen LogP contribution in [0.2, 0.25) is 0 Å². The SMILES string of the molecule is CCOC(=O)c1cc(CN2C(=O)c3ccccc3C2=O)sc1NC(=O)COc1cc(C)ccc1C. The number of carbonyl (C=O) groups is 4. The van der Waals surface area contributed by atoms with Crippen molar-refractivity contribution >= 4 is 40.0 Å². The van der Waals surface area contributed by atoms with Gasteiger partial charge in [0.2, 0.25) is 0 Å². The number of ether oxygens (including phenoxy) is 2. The van der Waals surface area contributed by atoms with E-state index >= 15 is 0 Å². The van der Waals surface area contributed by atoms with Crippen LogP contribution in [0.1, 0.15) is 54.0 Å². The Morgan fingerprint density at radius 2 is 1.69 bits per heavy atom. The quantitative estimate of drug-likeness (QED) is 0.370. The van der Waals surface area contributed by atoms with Crippen LogP contribution in [0.4, 0.5) is 5.00 Å². The number of fused-ring (bicyclic) bond motifs is 1. The van der Waals surface area contributed by atoms with E-state index in [1.807, 2.05) is 32.0 Å². The predicted molar refractivity (Wildman–Crippen MR) is 131 cm³/mol. The van der Waals surface area contributed by atoms with Gasteiger partial charge in [-0.2, -0.15) is 0 Å². The van der Waals surface area contributed by atoms with Crippen molar-refractivity contribution < 1.29 is 28.7 Å². The fourth-order valence-corrected chi connectivity index (χ4v) is 4.73. The molecule has 2 heterocycles. The highest BCUT2D eigenvalue weighted by Crippen LogP contribution is 2.32. The van der Waals surface area contributed by atoms with E-state index in [0.717, 1.165) is 27.4 Å². The third kappa shape index (κ3) is 5.09. The number of carbonyl (C=O) groups excluding carboxylic acids is 4. The molecule has 2 aromatic carbocycles. The standard InChI is InChI=1S/C26H24N2O6S/c1-4-33-26(32)20-12-17(13-28-24(30)18-7-5-6-8-19(18)25(28)31)35-23(20)27-22(29)14-34-21-11-15(2)9-10-16(21)3/h5-12H,4,13-14H2,1-3H3,(H,27,29). The lowest BCUT2D eigenvalue weighted by atomic mass is 10.1. The largest absolute Gasteiger partial charge is 0.483 e. The number of benzene rings is 2. The van der Waals surface area contributed by atoms with Gasteiger partial charge >= 0.3 is 5.97 Å². The molecular weight excluding hydrogens is 468 g/mol. The van der Waals surface area contributed by atoms with Gasteiger partial charge in [-0.05, 0) is 56.2 Å². The average molecular weight is 493 g/mol. The van der Waals surface area contributed by atoms with Crippen molar-refractivity contribution in [1.29, 1.82) is 0 Å². The molecule has 35 heavy (non-hydrogen) atoms. The van der Waals surface area contributed by atoms with E-state index in [1.165, 1.54) is 6.07 Å². The molecule has 0 aliphatic carbocycles. The highest BCUT2D eigenvalue weighted by molar-refractivity contribution is 7.16. The highest BCUT2D eigenvalue weighted by Gasteiger charge is 2.35. The number of anilines is 1. The summed E-state index contributed by atoms with van der Waals surface area (Å²) in [5.74, 6) is -1.26. The highest BCUT2D eigenvalue weighted by atomic mass is 32.1. The van der Waals surface area contributed by atoms with Crippen molar-refractivity contribution in [3.8, 4) is 5.75 Å². The van der Waals surface area contributed by atoms with Gasteiger partial charge in [0.1, 0.15) is 10.8 Å². The molecule has 0 fully saturated rings. The van der Waals surface area contributed by atoms with Crippen LogP contribution in [0.15, 0.2) is 48.5 Å². The molecular formula is C26H24N2O6S. The molecule has 1 aliphatic rings. The summed E-state index contributed by atoms with van der Waals surface area (Å²) < 4.78 is 10.8. The number of esters is 1. The second kappa shape index (κ2) is 10.1. The summed E-state index contributed by atoms with van der Waals surface area (Å²) in [6.45, 7) is 5.37. The Kier molecular flexibility index (Phi) is 6.97. The van der Waals surface area contributed by atoms with Gasteiger partial charge in [0.15, 0.2) is 6.61 Å². The Bertz CT molecular complexity index is 1290. The van der Waals surface area contributed by atoms with Crippen LogP contribution in [0, 0.1) is 13.8 Å². The average Bonchev–Trinajstić information content (AvgIpc) is 3.34. The van der Waals surface area contributed by atoms with Crippen molar-refractivity contribution in [3.63, 3.8) is 0 Å². The first-order valence-corrected chi connectivity index (χ1v) is 11.8. The lowest BCUT2D eigenvalue weighted by Gasteiger charge is -2.12. The Hall–Kier alpha value is -3.98. The summed E-state index contributed by atoms with van der Waals surface area (Å²) in [7, 11) is 0. The van der Waals surface area contributed by atoms with Crippen LogP contribution < -0.4 is 10.1 Å². The van der Waals surface area contributed by atoms with Gasteiger partial charge in [-0.1, -0.05) is 24.3 Å². The molecule has 3 amide bonds. The van der Waals surface area contributed by atoms with E-state index in [4.69, 9.17) is 9.47 Å². The molecule has 0 radical (unpaired) electrons. The molecule has 0 saturated heterocycles. The summed E-state index contributed by atoms with van der Waals surface area (Å²) >= 11 is 1.10. The zero-order valence-corrected chi connectivity index (χ0v) is 20.4. The van der Waals surface area contributed by atoms with E-state index in [0.29, 0.717) is 21.8 Å². The minimum Gasteiger partial charge on any atom is -0.483 e. The number of hydrogen-bond donors (Lipinski definition) is 1. The van der Waals surface area contributed by atoms with Gasteiger partial charge in [-0.25, -0.2) is 4.79 Å². The van der Waals surface area contributed by atoms with E-state index in [1.54, 1.807) is 31.2 Å². The molecule has 0 spiro atoms. The molecule has 0 saturated carbocycles. The monoisotopic (exact) mass is 492 g/mol. The molecule has 0 atom stereocenters. The molecule has 1 aliphatic heterocycles. The number of rotatable bonds is 8. The summed E-state index contributed by atoms with van der Waals surface area (Å²) in [6, 6.07) is 13.9. The number of nitrogens with one attached hydrogen (secondary N) is 1. The van der Waals surface area contributed by atoms with Crippen molar-refractivity contribution in [2.45, 2.75) is 27.3 Å². The van der Waals surface area contributed by atoms with Crippen LogP contribution >= 0.6 is 11.3 Å². The fourth-order valence-electron chi connectivity index (χ4n) is 3.68. The summed E-state index contributed by atoms with van der Waals surface area (Å²) in [5.41, 5.74) is 2.75. The molecule has 3 aromatic rings. The Morgan fingerprint density at radius 1 is 1.00 bits per heavy atom. The summed E-state index contributed by atoms with van der Waals surface area (Å²) in [4.78, 5) is 52.3. The third-order valence-electron chi connectivity index (χ3n) is 5.43.